The summed E-state index contributed by atoms with van der Waals surface area (Å²) < 4.78 is 0. The summed E-state index contributed by atoms with van der Waals surface area (Å²) >= 11 is 0. The number of hydrogen-bond acceptors (Lipinski definition) is 3. The Labute approximate surface area is 108 Å². The van der Waals surface area contributed by atoms with Crippen molar-refractivity contribution in [2.45, 2.75) is 38.8 Å². The van der Waals surface area contributed by atoms with E-state index in [0.717, 1.165) is 24.4 Å². The highest BCUT2D eigenvalue weighted by Crippen LogP contribution is 2.11. The van der Waals surface area contributed by atoms with Crippen LogP contribution in [0, 0.1) is 6.92 Å². The van der Waals surface area contributed by atoms with Crippen LogP contribution in [0.25, 0.3) is 0 Å². The van der Waals surface area contributed by atoms with E-state index in [1.54, 1.807) is 4.90 Å². The van der Waals surface area contributed by atoms with Gasteiger partial charge in [-0.1, -0.05) is 6.07 Å². The quantitative estimate of drug-likeness (QED) is 0.877. The molecule has 18 heavy (non-hydrogen) atoms. The van der Waals surface area contributed by atoms with Crippen molar-refractivity contribution in [3.05, 3.63) is 29.6 Å². The Morgan fingerprint density at radius 2 is 2.39 bits per heavy atom. The van der Waals surface area contributed by atoms with Crippen molar-refractivity contribution in [1.29, 1.82) is 0 Å². The SMILES string of the molecule is Cc1cccc(CN(C)C(=O)CC2CCCN2)n1. The van der Waals surface area contributed by atoms with Gasteiger partial charge in [0.05, 0.1) is 12.2 Å². The van der Waals surface area contributed by atoms with Gasteiger partial charge < -0.3 is 10.2 Å². The van der Waals surface area contributed by atoms with Crippen molar-refractivity contribution in [3.8, 4) is 0 Å². The van der Waals surface area contributed by atoms with Crippen LogP contribution in [-0.4, -0.2) is 35.4 Å². The molecule has 0 saturated carbocycles. The van der Waals surface area contributed by atoms with Crippen molar-refractivity contribution in [3.63, 3.8) is 0 Å². The van der Waals surface area contributed by atoms with E-state index < -0.39 is 0 Å². The Hall–Kier alpha value is -1.42. The molecule has 0 aromatic carbocycles. The van der Waals surface area contributed by atoms with Crippen LogP contribution in [0.3, 0.4) is 0 Å². The second-order valence-corrected chi connectivity index (χ2v) is 5.02. The number of aromatic nitrogens is 1. The van der Waals surface area contributed by atoms with Crippen LogP contribution in [0.5, 0.6) is 0 Å². The molecule has 1 aromatic rings. The minimum atomic E-state index is 0.192. The standard InChI is InChI=1S/C14H21N3O/c1-11-5-3-6-13(16-11)10-17(2)14(18)9-12-7-4-8-15-12/h3,5-6,12,15H,4,7-10H2,1-2H3. The maximum atomic E-state index is 12.0. The number of carbonyl (C=O) groups is 1. The number of aryl methyl sites for hydroxylation is 1. The maximum absolute atomic E-state index is 12.0. The molecule has 1 atom stereocenters. The normalized spacial score (nSPS) is 18.9. The van der Waals surface area contributed by atoms with Crippen molar-refractivity contribution in [1.82, 2.24) is 15.2 Å². The van der Waals surface area contributed by atoms with Gasteiger partial charge in [0.25, 0.3) is 0 Å². The smallest absolute Gasteiger partial charge is 0.224 e. The van der Waals surface area contributed by atoms with Gasteiger partial charge in [0.2, 0.25) is 5.91 Å². The third-order valence-corrected chi connectivity index (χ3v) is 3.35. The monoisotopic (exact) mass is 247 g/mol. The number of nitrogens with zero attached hydrogens (tertiary/aromatic N) is 2. The van der Waals surface area contributed by atoms with Crippen LogP contribution >= 0.6 is 0 Å². The number of carbonyl (C=O) groups excluding carboxylic acids is 1. The molecule has 1 unspecified atom stereocenters. The average molecular weight is 247 g/mol. The first-order valence-electron chi connectivity index (χ1n) is 6.55. The van der Waals surface area contributed by atoms with Gasteiger partial charge in [-0.25, -0.2) is 0 Å². The third-order valence-electron chi connectivity index (χ3n) is 3.35. The summed E-state index contributed by atoms with van der Waals surface area (Å²) in [6, 6.07) is 6.28. The zero-order valence-corrected chi connectivity index (χ0v) is 11.1. The molecule has 98 valence electrons. The van der Waals surface area contributed by atoms with Crippen LogP contribution in [0.15, 0.2) is 18.2 Å². The first-order valence-corrected chi connectivity index (χ1v) is 6.55. The Kier molecular flexibility index (Phi) is 4.31. The first kappa shape index (κ1) is 13.0. The van der Waals surface area contributed by atoms with Gasteiger partial charge in [0, 0.05) is 25.2 Å². The Balaban J connectivity index is 1.86. The Bertz CT molecular complexity index is 413. The summed E-state index contributed by atoms with van der Waals surface area (Å²) in [6.45, 7) is 3.60. The molecule has 1 N–H and O–H groups in total. The lowest BCUT2D eigenvalue weighted by Crippen LogP contribution is -2.33. The largest absolute Gasteiger partial charge is 0.340 e. The molecule has 1 aliphatic rings. The van der Waals surface area contributed by atoms with E-state index in [0.29, 0.717) is 19.0 Å². The van der Waals surface area contributed by atoms with E-state index in [9.17, 15) is 4.79 Å². The molecule has 0 spiro atoms. The molecule has 0 radical (unpaired) electrons. The highest BCUT2D eigenvalue weighted by molar-refractivity contribution is 5.76. The topological polar surface area (TPSA) is 45.2 Å². The minimum absolute atomic E-state index is 0.192. The fourth-order valence-corrected chi connectivity index (χ4v) is 2.32. The van der Waals surface area contributed by atoms with Gasteiger partial charge in [-0.2, -0.15) is 0 Å². The maximum Gasteiger partial charge on any atom is 0.224 e. The molecule has 1 fully saturated rings. The van der Waals surface area contributed by atoms with E-state index in [4.69, 9.17) is 0 Å². The highest BCUT2D eigenvalue weighted by atomic mass is 16.2. The third kappa shape index (κ3) is 3.53. The van der Waals surface area contributed by atoms with Crippen molar-refractivity contribution in [2.24, 2.45) is 0 Å². The Morgan fingerprint density at radius 3 is 3.06 bits per heavy atom. The van der Waals surface area contributed by atoms with Gasteiger partial charge in [-0.15, -0.1) is 0 Å². The second kappa shape index (κ2) is 5.96. The van der Waals surface area contributed by atoms with Crippen LogP contribution in [0.4, 0.5) is 0 Å². The number of rotatable bonds is 4. The van der Waals surface area contributed by atoms with Gasteiger partial charge in [0.15, 0.2) is 0 Å². The molecule has 1 saturated heterocycles. The van der Waals surface area contributed by atoms with E-state index >= 15 is 0 Å². The molecular formula is C14H21N3O. The molecule has 4 heteroatoms. The van der Waals surface area contributed by atoms with Crippen LogP contribution in [-0.2, 0) is 11.3 Å². The van der Waals surface area contributed by atoms with Crippen molar-refractivity contribution < 1.29 is 4.79 Å². The Morgan fingerprint density at radius 1 is 1.56 bits per heavy atom. The molecule has 2 rings (SSSR count). The summed E-state index contributed by atoms with van der Waals surface area (Å²) in [7, 11) is 1.85. The van der Waals surface area contributed by atoms with Gasteiger partial charge in [-0.3, -0.25) is 9.78 Å². The van der Waals surface area contributed by atoms with Gasteiger partial charge in [0.1, 0.15) is 0 Å². The van der Waals surface area contributed by atoms with Crippen LogP contribution < -0.4 is 5.32 Å². The summed E-state index contributed by atoms with van der Waals surface area (Å²) in [5, 5.41) is 3.35. The van der Waals surface area contributed by atoms with Crippen LogP contribution in [0.1, 0.15) is 30.7 Å². The molecule has 0 aliphatic carbocycles. The molecule has 0 bridgehead atoms. The van der Waals surface area contributed by atoms with Gasteiger partial charge in [-0.05, 0) is 38.4 Å². The van der Waals surface area contributed by atoms with E-state index in [-0.39, 0.29) is 5.91 Å². The average Bonchev–Trinajstić information content (AvgIpc) is 2.81. The molecule has 1 aliphatic heterocycles. The number of amides is 1. The second-order valence-electron chi connectivity index (χ2n) is 5.02. The van der Waals surface area contributed by atoms with E-state index in [1.165, 1.54) is 6.42 Å². The summed E-state index contributed by atoms with van der Waals surface area (Å²) in [4.78, 5) is 18.2. The molecule has 1 aromatic heterocycles. The fourth-order valence-electron chi connectivity index (χ4n) is 2.32. The van der Waals surface area contributed by atoms with E-state index in [1.807, 2.05) is 32.2 Å². The predicted molar refractivity (Wildman–Crippen MR) is 71.1 cm³/mol. The van der Waals surface area contributed by atoms with Crippen LogP contribution in [0.2, 0.25) is 0 Å². The summed E-state index contributed by atoms with van der Waals surface area (Å²) in [5.41, 5.74) is 1.94. The molecule has 1 amide bonds. The van der Waals surface area contributed by atoms with E-state index in [2.05, 4.69) is 10.3 Å². The lowest BCUT2D eigenvalue weighted by atomic mass is 10.1. The lowest BCUT2D eigenvalue weighted by Gasteiger charge is -2.19. The fraction of sp³-hybridized carbons (Fsp3) is 0.571. The molecular weight excluding hydrogens is 226 g/mol. The zero-order valence-electron chi connectivity index (χ0n) is 11.1. The predicted octanol–water partition coefficient (Wildman–Crippen LogP) is 1.49. The van der Waals surface area contributed by atoms with Gasteiger partial charge >= 0.3 is 0 Å². The summed E-state index contributed by atoms with van der Waals surface area (Å²) in [5.74, 6) is 0.192. The molecule has 4 nitrogen and oxygen atoms in total. The minimum Gasteiger partial charge on any atom is -0.340 e. The van der Waals surface area contributed by atoms with Crippen molar-refractivity contribution in [2.75, 3.05) is 13.6 Å². The lowest BCUT2D eigenvalue weighted by molar-refractivity contribution is -0.130. The first-order chi connectivity index (χ1) is 8.65. The number of hydrogen-bond donors (Lipinski definition) is 1. The number of nitrogens with one attached hydrogen (secondary N) is 1. The van der Waals surface area contributed by atoms with Crippen molar-refractivity contribution >= 4 is 5.91 Å². The zero-order chi connectivity index (χ0) is 13.0. The number of pyridine rings is 1. The summed E-state index contributed by atoms with van der Waals surface area (Å²) in [6.07, 6.45) is 2.89. The molecule has 2 heterocycles. The highest BCUT2D eigenvalue weighted by Gasteiger charge is 2.19.